The second kappa shape index (κ2) is 3.34. The lowest BCUT2D eigenvalue weighted by atomic mass is 10.1. The number of hydrogen-bond acceptors (Lipinski definition) is 4. The Bertz CT molecular complexity index is 447. The summed E-state index contributed by atoms with van der Waals surface area (Å²) >= 11 is 3.30. The molecule has 0 amide bonds. The monoisotopic (exact) mass is 254 g/mol. The maximum absolute atomic E-state index is 9.60. The number of aromatic nitrogens is 1. The Morgan fingerprint density at radius 1 is 1.43 bits per heavy atom. The number of benzene rings is 1. The molecule has 0 aliphatic rings. The highest BCUT2D eigenvalue weighted by molar-refractivity contribution is 9.10. The van der Waals surface area contributed by atoms with Crippen molar-refractivity contribution >= 4 is 21.9 Å². The van der Waals surface area contributed by atoms with Gasteiger partial charge in [0, 0.05) is 4.47 Å². The number of anilines is 1. The lowest BCUT2D eigenvalue weighted by molar-refractivity contribution is 0.474. The summed E-state index contributed by atoms with van der Waals surface area (Å²) in [7, 11) is 0. The molecule has 0 fully saturated rings. The third-order valence-electron chi connectivity index (χ3n) is 1.76. The number of phenols is 1. The van der Waals surface area contributed by atoms with Gasteiger partial charge >= 0.3 is 0 Å². The van der Waals surface area contributed by atoms with E-state index in [0.29, 0.717) is 11.3 Å². The minimum absolute atomic E-state index is 0.0788. The Morgan fingerprint density at radius 2 is 2.21 bits per heavy atom. The number of phenolic OH excluding ortho intramolecular Hbond substituents is 1. The Labute approximate surface area is 88.5 Å². The van der Waals surface area contributed by atoms with Crippen LogP contribution in [0.3, 0.4) is 0 Å². The van der Waals surface area contributed by atoms with Crippen molar-refractivity contribution in [1.29, 1.82) is 0 Å². The van der Waals surface area contributed by atoms with Gasteiger partial charge in [-0.25, -0.2) is 4.98 Å². The van der Waals surface area contributed by atoms with Crippen LogP contribution in [-0.2, 0) is 0 Å². The first-order valence-corrected chi connectivity index (χ1v) is 4.67. The zero-order valence-corrected chi connectivity index (χ0v) is 8.65. The van der Waals surface area contributed by atoms with Crippen LogP contribution in [0.4, 0.5) is 6.01 Å². The van der Waals surface area contributed by atoms with Gasteiger partial charge in [-0.3, -0.25) is 0 Å². The highest BCUT2D eigenvalue weighted by Crippen LogP contribution is 2.36. The van der Waals surface area contributed by atoms with Crippen LogP contribution in [0.25, 0.3) is 11.3 Å². The van der Waals surface area contributed by atoms with Crippen molar-refractivity contribution < 1.29 is 9.52 Å². The van der Waals surface area contributed by atoms with Crippen molar-refractivity contribution in [3.63, 3.8) is 0 Å². The zero-order chi connectivity index (χ0) is 10.1. The number of halogens is 1. The molecule has 5 heteroatoms. The van der Waals surface area contributed by atoms with Gasteiger partial charge in [0.05, 0.1) is 11.8 Å². The molecular weight excluding hydrogens is 248 g/mol. The molecule has 1 heterocycles. The van der Waals surface area contributed by atoms with Gasteiger partial charge in [-0.05, 0) is 28.1 Å². The summed E-state index contributed by atoms with van der Waals surface area (Å²) in [4.78, 5) is 3.75. The predicted octanol–water partition coefficient (Wildman–Crippen LogP) is 2.39. The van der Waals surface area contributed by atoms with E-state index in [-0.39, 0.29) is 11.8 Å². The molecule has 1 aromatic carbocycles. The minimum Gasteiger partial charge on any atom is -0.507 e. The lowest BCUT2D eigenvalue weighted by Gasteiger charge is -2.02. The summed E-state index contributed by atoms with van der Waals surface area (Å²) in [5, 5.41) is 9.60. The molecule has 0 unspecified atom stereocenters. The van der Waals surface area contributed by atoms with Crippen LogP contribution >= 0.6 is 15.9 Å². The van der Waals surface area contributed by atoms with Crippen molar-refractivity contribution in [2.45, 2.75) is 0 Å². The molecular formula is C9H7BrN2O2. The average molecular weight is 255 g/mol. The van der Waals surface area contributed by atoms with E-state index in [1.807, 2.05) is 0 Å². The van der Waals surface area contributed by atoms with E-state index in [0.717, 1.165) is 4.47 Å². The van der Waals surface area contributed by atoms with Crippen molar-refractivity contribution in [1.82, 2.24) is 4.98 Å². The van der Waals surface area contributed by atoms with E-state index in [9.17, 15) is 5.11 Å². The predicted molar refractivity (Wildman–Crippen MR) is 55.7 cm³/mol. The van der Waals surface area contributed by atoms with Crippen molar-refractivity contribution in [3.05, 3.63) is 28.9 Å². The minimum atomic E-state index is 0.0788. The summed E-state index contributed by atoms with van der Waals surface area (Å²) in [5.41, 5.74) is 5.89. The van der Waals surface area contributed by atoms with Gasteiger partial charge in [-0.1, -0.05) is 6.07 Å². The summed E-state index contributed by atoms with van der Waals surface area (Å²) in [6, 6.07) is 5.17. The Morgan fingerprint density at radius 3 is 2.79 bits per heavy atom. The quantitative estimate of drug-likeness (QED) is 0.820. The fraction of sp³-hybridized carbons (Fsp3) is 0. The van der Waals surface area contributed by atoms with Gasteiger partial charge in [-0.15, -0.1) is 0 Å². The van der Waals surface area contributed by atoms with Crippen molar-refractivity contribution in [3.8, 4) is 17.1 Å². The third kappa shape index (κ3) is 1.46. The zero-order valence-electron chi connectivity index (χ0n) is 7.07. The van der Waals surface area contributed by atoms with Crippen LogP contribution in [0, 0.1) is 0 Å². The molecule has 72 valence electrons. The maximum Gasteiger partial charge on any atom is 0.292 e. The molecule has 0 aliphatic heterocycles. The smallest absolute Gasteiger partial charge is 0.292 e. The normalized spacial score (nSPS) is 10.4. The van der Waals surface area contributed by atoms with E-state index in [2.05, 4.69) is 20.9 Å². The molecule has 4 nitrogen and oxygen atoms in total. The van der Waals surface area contributed by atoms with E-state index >= 15 is 0 Å². The molecule has 0 aliphatic carbocycles. The number of rotatable bonds is 1. The maximum atomic E-state index is 9.60. The van der Waals surface area contributed by atoms with Gasteiger partial charge in [-0.2, -0.15) is 0 Å². The molecule has 0 atom stereocenters. The van der Waals surface area contributed by atoms with Gasteiger partial charge in [0.15, 0.2) is 5.76 Å². The second-order valence-corrected chi connectivity index (χ2v) is 3.55. The lowest BCUT2D eigenvalue weighted by Crippen LogP contribution is -1.80. The Hall–Kier alpha value is -1.49. The molecule has 2 rings (SSSR count). The van der Waals surface area contributed by atoms with Gasteiger partial charge in [0.2, 0.25) is 0 Å². The number of nitrogens with two attached hydrogens (primary N) is 1. The van der Waals surface area contributed by atoms with Gasteiger partial charge in [0.25, 0.3) is 6.01 Å². The summed E-state index contributed by atoms with van der Waals surface area (Å²) in [5.74, 6) is 0.558. The van der Waals surface area contributed by atoms with Gasteiger partial charge in [0.1, 0.15) is 5.75 Å². The van der Waals surface area contributed by atoms with E-state index in [4.69, 9.17) is 10.2 Å². The van der Waals surface area contributed by atoms with Gasteiger partial charge < -0.3 is 15.3 Å². The second-order valence-electron chi connectivity index (χ2n) is 2.70. The van der Waals surface area contributed by atoms with E-state index in [1.165, 1.54) is 6.20 Å². The van der Waals surface area contributed by atoms with Crippen molar-refractivity contribution in [2.24, 2.45) is 0 Å². The van der Waals surface area contributed by atoms with Crippen LogP contribution in [0.1, 0.15) is 0 Å². The molecule has 0 saturated heterocycles. The standard InChI is InChI=1S/C9H7BrN2O2/c10-5-2-1-3-6(13)8(5)7-4-12-9(11)14-7/h1-4,13H,(H2,11,12). The van der Waals surface area contributed by atoms with Crippen molar-refractivity contribution in [2.75, 3.05) is 5.73 Å². The van der Waals surface area contributed by atoms with Crippen LogP contribution in [-0.4, -0.2) is 10.1 Å². The first-order valence-electron chi connectivity index (χ1n) is 3.87. The average Bonchev–Trinajstić information content (AvgIpc) is 2.51. The first-order chi connectivity index (χ1) is 6.68. The fourth-order valence-corrected chi connectivity index (χ4v) is 1.71. The largest absolute Gasteiger partial charge is 0.507 e. The topological polar surface area (TPSA) is 72.3 Å². The molecule has 0 bridgehead atoms. The molecule has 14 heavy (non-hydrogen) atoms. The highest BCUT2D eigenvalue weighted by Gasteiger charge is 2.12. The molecule has 2 aromatic rings. The van der Waals surface area contributed by atoms with Crippen LogP contribution in [0.5, 0.6) is 5.75 Å². The third-order valence-corrected chi connectivity index (χ3v) is 2.42. The number of nitrogens with zero attached hydrogens (tertiary/aromatic N) is 1. The SMILES string of the molecule is Nc1ncc(-c2c(O)cccc2Br)o1. The molecule has 1 aromatic heterocycles. The first kappa shape index (κ1) is 9.08. The fourth-order valence-electron chi connectivity index (χ4n) is 1.16. The number of nitrogen functional groups attached to an aromatic ring is 1. The Balaban J connectivity index is 2.61. The molecule has 0 spiro atoms. The van der Waals surface area contributed by atoms with Crippen LogP contribution in [0.15, 0.2) is 33.3 Å². The van der Waals surface area contributed by atoms with E-state index in [1.54, 1.807) is 18.2 Å². The summed E-state index contributed by atoms with van der Waals surface area (Å²) in [6.07, 6.45) is 1.47. The summed E-state index contributed by atoms with van der Waals surface area (Å²) in [6.45, 7) is 0. The number of aromatic hydroxyl groups is 1. The number of hydrogen-bond donors (Lipinski definition) is 2. The summed E-state index contributed by atoms with van der Waals surface area (Å²) < 4.78 is 5.84. The molecule has 0 radical (unpaired) electrons. The number of oxazole rings is 1. The molecule has 0 saturated carbocycles. The van der Waals surface area contributed by atoms with Crippen LogP contribution < -0.4 is 5.73 Å². The van der Waals surface area contributed by atoms with E-state index < -0.39 is 0 Å². The highest BCUT2D eigenvalue weighted by atomic mass is 79.9. The van der Waals surface area contributed by atoms with Crippen LogP contribution in [0.2, 0.25) is 0 Å². The molecule has 3 N–H and O–H groups in total. The Kier molecular flexibility index (Phi) is 2.17.